The summed E-state index contributed by atoms with van der Waals surface area (Å²) in [4.78, 5) is 0. The van der Waals surface area contributed by atoms with E-state index >= 15 is 0 Å². The molecule has 124 valence electrons. The van der Waals surface area contributed by atoms with E-state index in [2.05, 4.69) is 26.2 Å². The summed E-state index contributed by atoms with van der Waals surface area (Å²) in [6, 6.07) is 0.325. The Bertz CT molecular complexity index is 300. The topological polar surface area (TPSA) is 47.3 Å². The predicted molar refractivity (Wildman–Crippen MR) is 88.8 cm³/mol. The minimum absolute atomic E-state index is 0.0229. The van der Waals surface area contributed by atoms with Crippen molar-refractivity contribution in [1.29, 1.82) is 0 Å². The zero-order valence-corrected chi connectivity index (χ0v) is 14.4. The zero-order chi connectivity index (χ0) is 15.3. The van der Waals surface area contributed by atoms with Crippen LogP contribution < -0.4 is 11.3 Å². The van der Waals surface area contributed by atoms with E-state index in [4.69, 9.17) is 10.6 Å². The van der Waals surface area contributed by atoms with Crippen molar-refractivity contribution >= 4 is 0 Å². The maximum absolute atomic E-state index is 6.38. The first kappa shape index (κ1) is 17.2. The van der Waals surface area contributed by atoms with E-state index in [1.54, 1.807) is 0 Å². The Kier molecular flexibility index (Phi) is 6.51. The molecule has 0 radical (unpaired) electrons. The first-order valence-electron chi connectivity index (χ1n) is 9.23. The molecule has 2 saturated carbocycles. The molecule has 0 heterocycles. The molecule has 2 fully saturated rings. The molecule has 0 spiro atoms. The number of hydrogen-bond acceptors (Lipinski definition) is 3. The van der Waals surface area contributed by atoms with Gasteiger partial charge in [0.2, 0.25) is 0 Å². The molecule has 0 aromatic carbocycles. The van der Waals surface area contributed by atoms with Crippen molar-refractivity contribution in [2.75, 3.05) is 6.61 Å². The Balaban J connectivity index is 2.14. The maximum Gasteiger partial charge on any atom is 0.0850 e. The Morgan fingerprint density at radius 2 is 1.76 bits per heavy atom. The number of hydrogen-bond donors (Lipinski definition) is 2. The maximum atomic E-state index is 6.38. The highest BCUT2D eigenvalue weighted by Crippen LogP contribution is 2.42. The molecule has 3 nitrogen and oxygen atoms in total. The summed E-state index contributed by atoms with van der Waals surface area (Å²) in [6.45, 7) is 7.74. The van der Waals surface area contributed by atoms with Crippen molar-refractivity contribution in [3.63, 3.8) is 0 Å². The third kappa shape index (κ3) is 4.00. The average molecular weight is 296 g/mol. The van der Waals surface area contributed by atoms with Gasteiger partial charge >= 0.3 is 0 Å². The fourth-order valence-corrected chi connectivity index (χ4v) is 4.77. The van der Waals surface area contributed by atoms with Gasteiger partial charge in [0.05, 0.1) is 11.6 Å². The van der Waals surface area contributed by atoms with Crippen LogP contribution in [-0.4, -0.2) is 18.2 Å². The summed E-state index contributed by atoms with van der Waals surface area (Å²) >= 11 is 0. The molecule has 0 bridgehead atoms. The van der Waals surface area contributed by atoms with E-state index in [1.807, 2.05) is 0 Å². The molecule has 0 aromatic heterocycles. The normalized spacial score (nSPS) is 35.1. The van der Waals surface area contributed by atoms with Crippen LogP contribution in [0.25, 0.3) is 0 Å². The molecule has 2 aliphatic rings. The Labute approximate surface area is 131 Å². The van der Waals surface area contributed by atoms with Gasteiger partial charge < -0.3 is 4.74 Å². The Morgan fingerprint density at radius 3 is 2.29 bits per heavy atom. The first-order valence-corrected chi connectivity index (χ1v) is 9.23. The molecule has 21 heavy (non-hydrogen) atoms. The molecule has 0 aromatic rings. The first-order chi connectivity index (χ1) is 10.1. The number of nitrogens with one attached hydrogen (secondary N) is 1. The van der Waals surface area contributed by atoms with Crippen LogP contribution in [0.3, 0.4) is 0 Å². The highest BCUT2D eigenvalue weighted by Gasteiger charge is 2.44. The molecule has 4 unspecified atom stereocenters. The molecule has 2 rings (SSSR count). The Hall–Kier alpha value is -0.120. The minimum Gasteiger partial charge on any atom is -0.374 e. The van der Waals surface area contributed by atoms with Crippen molar-refractivity contribution in [3.8, 4) is 0 Å². The van der Waals surface area contributed by atoms with Crippen molar-refractivity contribution in [1.82, 2.24) is 5.43 Å². The molecule has 0 saturated heterocycles. The van der Waals surface area contributed by atoms with Crippen molar-refractivity contribution in [3.05, 3.63) is 0 Å². The molecule has 2 aliphatic carbocycles. The SMILES string of the molecule is CCOC1(C(NN)C2CCC(C)C(C)C2)CCCCCC1. The third-order valence-electron chi connectivity index (χ3n) is 6.24. The average Bonchev–Trinajstić information content (AvgIpc) is 2.70. The molecule has 4 atom stereocenters. The lowest BCUT2D eigenvalue weighted by atomic mass is 9.68. The molecular weight excluding hydrogens is 260 g/mol. The van der Waals surface area contributed by atoms with Crippen LogP contribution in [0.1, 0.15) is 78.6 Å². The van der Waals surface area contributed by atoms with Crippen molar-refractivity contribution in [2.45, 2.75) is 90.2 Å². The lowest BCUT2D eigenvalue weighted by Crippen LogP contribution is -2.59. The van der Waals surface area contributed by atoms with Crippen molar-refractivity contribution < 1.29 is 4.74 Å². The Morgan fingerprint density at radius 1 is 1.10 bits per heavy atom. The van der Waals surface area contributed by atoms with Gasteiger partial charge in [-0.2, -0.15) is 0 Å². The molecule has 0 aliphatic heterocycles. The lowest BCUT2D eigenvalue weighted by molar-refractivity contribution is -0.0966. The van der Waals surface area contributed by atoms with E-state index < -0.39 is 0 Å². The third-order valence-corrected chi connectivity index (χ3v) is 6.24. The number of rotatable bonds is 5. The highest BCUT2D eigenvalue weighted by molar-refractivity contribution is 4.99. The fraction of sp³-hybridized carbons (Fsp3) is 1.00. The second-order valence-corrected chi connectivity index (χ2v) is 7.58. The van der Waals surface area contributed by atoms with Gasteiger partial charge in [-0.25, -0.2) is 0 Å². The van der Waals surface area contributed by atoms with E-state index in [1.165, 1.54) is 57.8 Å². The van der Waals surface area contributed by atoms with E-state index in [-0.39, 0.29) is 5.60 Å². The number of ether oxygens (including phenoxy) is 1. The number of hydrazine groups is 1. The summed E-state index contributed by atoms with van der Waals surface area (Å²) < 4.78 is 6.38. The van der Waals surface area contributed by atoms with Gasteiger partial charge in [-0.15, -0.1) is 0 Å². The van der Waals surface area contributed by atoms with Gasteiger partial charge in [-0.3, -0.25) is 11.3 Å². The van der Waals surface area contributed by atoms with Gasteiger partial charge in [0.25, 0.3) is 0 Å². The van der Waals surface area contributed by atoms with Crippen molar-refractivity contribution in [2.24, 2.45) is 23.6 Å². The highest BCUT2D eigenvalue weighted by atomic mass is 16.5. The summed E-state index contributed by atoms with van der Waals surface area (Å²) in [5, 5.41) is 0. The molecule has 0 amide bonds. The van der Waals surface area contributed by atoms with Crippen LogP contribution in [0.2, 0.25) is 0 Å². The van der Waals surface area contributed by atoms with Crippen LogP contribution >= 0.6 is 0 Å². The molecular formula is C18H36N2O. The zero-order valence-electron chi connectivity index (χ0n) is 14.4. The number of nitrogens with two attached hydrogens (primary N) is 1. The lowest BCUT2D eigenvalue weighted by Gasteiger charge is -2.46. The monoisotopic (exact) mass is 296 g/mol. The van der Waals surface area contributed by atoms with Crippen LogP contribution in [0.5, 0.6) is 0 Å². The van der Waals surface area contributed by atoms with Crippen LogP contribution in [0.4, 0.5) is 0 Å². The van der Waals surface area contributed by atoms with Crippen LogP contribution in [0, 0.1) is 17.8 Å². The second kappa shape index (κ2) is 7.94. The van der Waals surface area contributed by atoms with E-state index in [0.717, 1.165) is 18.4 Å². The van der Waals surface area contributed by atoms with Crippen LogP contribution in [-0.2, 0) is 4.74 Å². The largest absolute Gasteiger partial charge is 0.374 e. The molecule has 3 heteroatoms. The van der Waals surface area contributed by atoms with E-state index in [0.29, 0.717) is 12.0 Å². The molecule has 3 N–H and O–H groups in total. The summed E-state index contributed by atoms with van der Waals surface area (Å²) in [5.41, 5.74) is 3.18. The van der Waals surface area contributed by atoms with E-state index in [9.17, 15) is 0 Å². The van der Waals surface area contributed by atoms with Gasteiger partial charge in [0, 0.05) is 6.61 Å². The smallest absolute Gasteiger partial charge is 0.0850 e. The minimum atomic E-state index is -0.0229. The quantitative estimate of drug-likeness (QED) is 0.457. The standard InChI is InChI=1S/C18H36N2O/c1-4-21-18(11-7-5-6-8-12-18)17(20-19)16-10-9-14(2)15(3)13-16/h14-17,20H,4-13,19H2,1-3H3. The second-order valence-electron chi connectivity index (χ2n) is 7.58. The van der Waals surface area contributed by atoms with Crippen LogP contribution in [0.15, 0.2) is 0 Å². The summed E-state index contributed by atoms with van der Waals surface area (Å²) in [6.07, 6.45) is 11.6. The summed E-state index contributed by atoms with van der Waals surface area (Å²) in [5.74, 6) is 8.39. The van der Waals surface area contributed by atoms with Gasteiger partial charge in [-0.1, -0.05) is 46.0 Å². The summed E-state index contributed by atoms with van der Waals surface area (Å²) in [7, 11) is 0. The predicted octanol–water partition coefficient (Wildman–Crippen LogP) is 4.02. The van der Waals surface area contributed by atoms with Gasteiger partial charge in [0.1, 0.15) is 0 Å². The fourth-order valence-electron chi connectivity index (χ4n) is 4.77. The van der Waals surface area contributed by atoms with Gasteiger partial charge in [0.15, 0.2) is 0 Å². The van der Waals surface area contributed by atoms with Gasteiger partial charge in [-0.05, 0) is 50.4 Å².